The highest BCUT2D eigenvalue weighted by atomic mass is 19.4. The summed E-state index contributed by atoms with van der Waals surface area (Å²) in [4.78, 5) is 0. The second kappa shape index (κ2) is 12.1. The minimum Gasteiger partial charge on any atom is -0.407 e. The molecule has 0 saturated carbocycles. The Labute approximate surface area is 218 Å². The van der Waals surface area contributed by atoms with Crippen molar-refractivity contribution in [2.45, 2.75) is 68.8 Å². The van der Waals surface area contributed by atoms with Crippen LogP contribution in [0, 0.1) is 47.9 Å². The Balaban J connectivity index is 0.000000614. The molecule has 2 saturated heterocycles. The average molecular weight is 630 g/mol. The van der Waals surface area contributed by atoms with Crippen LogP contribution in [0.4, 0.5) is 70.2 Å². The fourth-order valence-corrected chi connectivity index (χ4v) is 1.94. The van der Waals surface area contributed by atoms with Crippen molar-refractivity contribution in [1.29, 1.82) is 0 Å². The van der Waals surface area contributed by atoms with Crippen molar-refractivity contribution in [3.05, 3.63) is 12.0 Å². The van der Waals surface area contributed by atoms with Crippen LogP contribution >= 0.6 is 0 Å². The quantitative estimate of drug-likeness (QED) is 0.236. The summed E-state index contributed by atoms with van der Waals surface area (Å²) in [6.07, 6.45) is -21.9. The first-order valence-electron chi connectivity index (χ1n) is 9.45. The molecule has 230 valence electrons. The van der Waals surface area contributed by atoms with E-state index in [2.05, 4.69) is 60.4 Å². The molecule has 4 nitrogen and oxygen atoms in total. The molecule has 0 aromatic heterocycles. The third-order valence-corrected chi connectivity index (χ3v) is 3.99. The molecule has 2 aliphatic heterocycles. The van der Waals surface area contributed by atoms with Crippen LogP contribution in [-0.4, -0.2) is 48.0 Å². The molecule has 0 spiro atoms. The molecule has 2 heterocycles. The maximum Gasteiger partial charge on any atom is 0.483 e. The number of ether oxygens (including phenoxy) is 4. The molecular weight excluding hydrogens is 620 g/mol. The molecule has 2 rings (SSSR count). The van der Waals surface area contributed by atoms with Crippen molar-refractivity contribution in [1.82, 2.24) is 0 Å². The fourth-order valence-electron chi connectivity index (χ4n) is 1.94. The number of hydrogen-bond acceptors (Lipinski definition) is 4. The number of rotatable bonds is 1. The van der Waals surface area contributed by atoms with Crippen molar-refractivity contribution in [3.63, 3.8) is 0 Å². The van der Waals surface area contributed by atoms with Crippen molar-refractivity contribution >= 4 is 0 Å². The molecule has 0 radical (unpaired) electrons. The van der Waals surface area contributed by atoms with E-state index in [1.807, 2.05) is 0 Å². The van der Waals surface area contributed by atoms with E-state index in [9.17, 15) is 70.2 Å². The van der Waals surface area contributed by atoms with Gasteiger partial charge in [-0.25, -0.2) is 8.78 Å². The van der Waals surface area contributed by atoms with Gasteiger partial charge in [0.15, 0.2) is 0 Å². The van der Waals surface area contributed by atoms with E-state index in [4.69, 9.17) is 6.42 Å². The summed E-state index contributed by atoms with van der Waals surface area (Å²) in [5.41, 5.74) is 0. The molecule has 3 atom stereocenters. The van der Waals surface area contributed by atoms with Gasteiger partial charge in [-0.05, 0) is 49.4 Å². The van der Waals surface area contributed by atoms with Crippen LogP contribution in [0.1, 0.15) is 20.8 Å². The van der Waals surface area contributed by atoms with Crippen molar-refractivity contribution in [2.75, 3.05) is 0 Å². The smallest absolute Gasteiger partial charge is 0.407 e. The highest BCUT2D eigenvalue weighted by Crippen LogP contribution is 2.58. The highest BCUT2D eigenvalue weighted by Gasteiger charge is 2.84. The Bertz CT molecular complexity index is 1220. The number of alkyl halides is 14. The lowest BCUT2D eigenvalue weighted by atomic mass is 10.2. The fraction of sp³-hybridized carbons (Fsp3) is 0.524. The van der Waals surface area contributed by atoms with Gasteiger partial charge in [0.25, 0.3) is 5.92 Å². The normalized spacial score (nSPS) is 27.6. The Hall–Kier alpha value is -3.62. The minimum absolute atomic E-state index is 0.0365. The van der Waals surface area contributed by atoms with Gasteiger partial charge in [0.05, 0.1) is 0 Å². The van der Waals surface area contributed by atoms with E-state index in [1.54, 1.807) is 6.92 Å². The minimum atomic E-state index is -6.22. The van der Waals surface area contributed by atoms with Gasteiger partial charge in [-0.3, -0.25) is 9.47 Å². The molecule has 0 N–H and O–H groups in total. The summed E-state index contributed by atoms with van der Waals surface area (Å²) >= 11 is 0. The zero-order chi connectivity index (χ0) is 32.9. The standard InChI is InChI=1S/C9H4.C7H6F8O2.C5F8O2/c1-3-5-7-9-8-6-4-2;1-3(8,9)4(2)16-5(10,6(11,12)13)7(14,15)17-4;6-1(7)2-14-3(8,4(9,10)11)5(12,13)15-2/h1H,2H3;1-2H3;. The first-order valence-corrected chi connectivity index (χ1v) is 9.45. The van der Waals surface area contributed by atoms with Crippen LogP contribution in [0.3, 0.4) is 0 Å². The summed E-state index contributed by atoms with van der Waals surface area (Å²) in [6, 6.07) is 0. The van der Waals surface area contributed by atoms with Gasteiger partial charge in [-0.1, -0.05) is 5.92 Å². The van der Waals surface area contributed by atoms with E-state index >= 15 is 0 Å². The van der Waals surface area contributed by atoms with Crippen molar-refractivity contribution in [3.8, 4) is 47.9 Å². The molecule has 20 heteroatoms. The number of halogens is 16. The summed E-state index contributed by atoms with van der Waals surface area (Å²) in [5.74, 6) is -4.73. The lowest BCUT2D eigenvalue weighted by Crippen LogP contribution is -2.53. The number of terminal acetylenes is 1. The van der Waals surface area contributed by atoms with E-state index in [1.165, 1.54) is 0 Å². The van der Waals surface area contributed by atoms with Crippen LogP contribution in [0.15, 0.2) is 12.0 Å². The molecule has 2 fully saturated rings. The summed E-state index contributed by atoms with van der Waals surface area (Å²) in [5, 5.41) is 0. The monoisotopic (exact) mass is 630 g/mol. The molecule has 0 aliphatic carbocycles. The van der Waals surface area contributed by atoms with Gasteiger partial charge < -0.3 is 9.47 Å². The lowest BCUT2D eigenvalue weighted by molar-refractivity contribution is -0.395. The Morgan fingerprint density at radius 1 is 0.683 bits per heavy atom. The molecule has 3 unspecified atom stereocenters. The lowest BCUT2D eigenvalue weighted by Gasteiger charge is -2.29. The van der Waals surface area contributed by atoms with Crippen molar-refractivity contribution in [2.24, 2.45) is 0 Å². The van der Waals surface area contributed by atoms with Gasteiger partial charge in [-0.15, -0.1) is 6.42 Å². The molecule has 0 aromatic rings. The van der Waals surface area contributed by atoms with Crippen LogP contribution in [0.5, 0.6) is 0 Å². The molecular formula is C21H10F16O4. The Morgan fingerprint density at radius 2 is 1.12 bits per heavy atom. The third kappa shape index (κ3) is 7.99. The number of hydrogen-bond donors (Lipinski definition) is 0. The first-order chi connectivity index (χ1) is 18.1. The van der Waals surface area contributed by atoms with Gasteiger partial charge >= 0.3 is 48.3 Å². The molecule has 0 amide bonds. The van der Waals surface area contributed by atoms with Gasteiger partial charge in [0.2, 0.25) is 5.79 Å². The largest absolute Gasteiger partial charge is 0.483 e. The van der Waals surface area contributed by atoms with E-state index in [-0.39, 0.29) is 13.8 Å². The first kappa shape index (κ1) is 37.4. The second-order valence-electron chi connectivity index (χ2n) is 7.03. The van der Waals surface area contributed by atoms with E-state index < -0.39 is 60.0 Å². The summed E-state index contributed by atoms with van der Waals surface area (Å²) in [6.45, 7) is 1.77. The topological polar surface area (TPSA) is 36.9 Å². The second-order valence-corrected chi connectivity index (χ2v) is 7.03. The maximum absolute atomic E-state index is 13.1. The summed E-state index contributed by atoms with van der Waals surface area (Å²) < 4.78 is 208. The SMILES string of the molecule is C#CC#CC#CC#CC.CC(F)(F)C1(C)OC(F)(F)C(F)(C(F)(F)F)O1.FC(F)=C1OC(F)(F)C(F)(C(F)(F)F)O1. The molecule has 0 bridgehead atoms. The van der Waals surface area contributed by atoms with Gasteiger partial charge in [-0.2, -0.15) is 61.5 Å². The van der Waals surface area contributed by atoms with Gasteiger partial charge in [0, 0.05) is 6.92 Å². The van der Waals surface area contributed by atoms with Crippen LogP contribution in [-0.2, 0) is 18.9 Å². The zero-order valence-corrected chi connectivity index (χ0v) is 19.8. The third-order valence-electron chi connectivity index (χ3n) is 3.99. The molecule has 41 heavy (non-hydrogen) atoms. The Kier molecular flexibility index (Phi) is 11.0. The van der Waals surface area contributed by atoms with Crippen molar-refractivity contribution < 1.29 is 89.2 Å². The van der Waals surface area contributed by atoms with Crippen LogP contribution in [0.2, 0.25) is 0 Å². The highest BCUT2D eigenvalue weighted by molar-refractivity contribution is 5.38. The average Bonchev–Trinajstić information content (AvgIpc) is 3.14. The van der Waals surface area contributed by atoms with E-state index in [0.717, 1.165) is 0 Å². The Morgan fingerprint density at radius 3 is 1.39 bits per heavy atom. The molecule has 0 aromatic carbocycles. The van der Waals surface area contributed by atoms with Gasteiger partial charge in [0.1, 0.15) is 0 Å². The zero-order valence-electron chi connectivity index (χ0n) is 19.8. The predicted octanol–water partition coefficient (Wildman–Crippen LogP) is 6.79. The molecule has 2 aliphatic rings. The summed E-state index contributed by atoms with van der Waals surface area (Å²) in [7, 11) is 0. The van der Waals surface area contributed by atoms with Crippen LogP contribution in [0.25, 0.3) is 0 Å². The van der Waals surface area contributed by atoms with Crippen LogP contribution < -0.4 is 0 Å². The maximum atomic E-state index is 13.1. The predicted molar refractivity (Wildman–Crippen MR) is 100 cm³/mol. The van der Waals surface area contributed by atoms with E-state index in [0.29, 0.717) is 0 Å².